The summed E-state index contributed by atoms with van der Waals surface area (Å²) in [6, 6.07) is 5.73. The molecule has 30 heavy (non-hydrogen) atoms. The third kappa shape index (κ3) is 11.9. The maximum Gasteiger partial charge on any atom is 0.223 e. The molecule has 6 heteroatoms. The third-order valence-corrected chi connectivity index (χ3v) is 5.10. The molecule has 0 aliphatic heterocycles. The summed E-state index contributed by atoms with van der Waals surface area (Å²) in [4.78, 5) is 27.8. The Balaban J connectivity index is 0.000000584. The van der Waals surface area contributed by atoms with Crippen molar-refractivity contribution >= 4 is 11.8 Å². The first-order chi connectivity index (χ1) is 14.3. The highest BCUT2D eigenvalue weighted by molar-refractivity contribution is 5.79. The molecule has 0 aliphatic rings. The van der Waals surface area contributed by atoms with Gasteiger partial charge in [-0.25, -0.2) is 0 Å². The van der Waals surface area contributed by atoms with E-state index in [2.05, 4.69) is 57.2 Å². The molecular formula is C24H44N4O2. The maximum atomic E-state index is 12.0. The number of pyridine rings is 1. The predicted molar refractivity (Wildman–Crippen MR) is 125 cm³/mol. The van der Waals surface area contributed by atoms with E-state index in [1.807, 2.05) is 18.2 Å². The molecule has 0 aromatic carbocycles. The zero-order valence-corrected chi connectivity index (χ0v) is 19.9. The number of nitrogens with one attached hydrogen (secondary N) is 2. The number of hydrogen-bond donors (Lipinski definition) is 3. The Morgan fingerprint density at radius 2 is 1.47 bits per heavy atom. The fraction of sp³-hybridized carbons (Fsp3) is 0.708. The molecule has 0 saturated heterocycles. The van der Waals surface area contributed by atoms with Crippen molar-refractivity contribution < 1.29 is 9.59 Å². The highest BCUT2D eigenvalue weighted by atomic mass is 16.2. The minimum Gasteiger partial charge on any atom is -0.355 e. The van der Waals surface area contributed by atoms with Crippen LogP contribution in [0.4, 0.5) is 0 Å². The van der Waals surface area contributed by atoms with E-state index in [1.165, 1.54) is 0 Å². The number of aromatic nitrogens is 1. The van der Waals surface area contributed by atoms with Crippen molar-refractivity contribution in [1.82, 2.24) is 15.6 Å². The van der Waals surface area contributed by atoms with Gasteiger partial charge in [0, 0.05) is 31.1 Å². The molecule has 2 amide bonds. The van der Waals surface area contributed by atoms with Gasteiger partial charge in [0.2, 0.25) is 11.8 Å². The van der Waals surface area contributed by atoms with E-state index in [0.29, 0.717) is 31.5 Å². The number of amides is 2. The Kier molecular flexibility index (Phi) is 15.7. The second-order valence-electron chi connectivity index (χ2n) is 8.40. The van der Waals surface area contributed by atoms with Gasteiger partial charge < -0.3 is 16.4 Å². The van der Waals surface area contributed by atoms with E-state index >= 15 is 0 Å². The molecule has 0 radical (unpaired) electrons. The molecule has 0 aliphatic carbocycles. The van der Waals surface area contributed by atoms with Crippen LogP contribution in [-0.2, 0) is 16.1 Å². The largest absolute Gasteiger partial charge is 0.355 e. The lowest BCUT2D eigenvalue weighted by molar-refractivity contribution is -0.127. The molecule has 2 atom stereocenters. The standard InChI is InChI=1S/C14H22N2O.C10H22N2O/c1-4-7-13(11(2)3)14(17)16-10-12-8-5-6-9-15-12;1-4-5-9(8(2)3)10(13)12-7-6-11/h5-6,8-9,11,13H,4,7,10H2,1-3H3,(H,16,17);8-9H,4-7,11H2,1-3H3,(H,12,13). The molecule has 1 heterocycles. The van der Waals surface area contributed by atoms with Crippen LogP contribution in [0.5, 0.6) is 0 Å². The van der Waals surface area contributed by atoms with Crippen LogP contribution < -0.4 is 16.4 Å². The Bertz CT molecular complexity index is 576. The second-order valence-corrected chi connectivity index (χ2v) is 8.40. The van der Waals surface area contributed by atoms with E-state index in [0.717, 1.165) is 31.4 Å². The summed E-state index contributed by atoms with van der Waals surface area (Å²) in [6.45, 7) is 14.2. The molecule has 6 nitrogen and oxygen atoms in total. The molecule has 2 unspecified atom stereocenters. The smallest absolute Gasteiger partial charge is 0.223 e. The molecule has 0 fully saturated rings. The summed E-state index contributed by atoms with van der Waals surface area (Å²) in [5.74, 6) is 1.37. The van der Waals surface area contributed by atoms with Crippen LogP contribution in [0.25, 0.3) is 0 Å². The average Bonchev–Trinajstić information content (AvgIpc) is 2.73. The topological polar surface area (TPSA) is 97.1 Å². The van der Waals surface area contributed by atoms with Gasteiger partial charge in [-0.05, 0) is 36.8 Å². The molecule has 1 rings (SSSR count). The molecule has 0 saturated carbocycles. The number of carbonyl (C=O) groups excluding carboxylic acids is 2. The maximum absolute atomic E-state index is 12.0. The van der Waals surface area contributed by atoms with Crippen molar-refractivity contribution in [3.63, 3.8) is 0 Å². The van der Waals surface area contributed by atoms with Crippen molar-refractivity contribution in [1.29, 1.82) is 0 Å². The first kappa shape index (κ1) is 28.1. The van der Waals surface area contributed by atoms with Crippen LogP contribution in [0, 0.1) is 23.7 Å². The minimum atomic E-state index is 0.115. The number of rotatable bonds is 12. The lowest BCUT2D eigenvalue weighted by Crippen LogP contribution is -2.36. The third-order valence-electron chi connectivity index (χ3n) is 5.10. The molecule has 1 aromatic rings. The van der Waals surface area contributed by atoms with Crippen LogP contribution in [0.1, 0.15) is 72.9 Å². The van der Waals surface area contributed by atoms with Gasteiger partial charge in [0.25, 0.3) is 0 Å². The van der Waals surface area contributed by atoms with Gasteiger partial charge in [0.1, 0.15) is 0 Å². The SMILES string of the molecule is CCCC(C(=O)NCCN)C(C)C.CCCC(C(=O)NCc1ccccn1)C(C)C. The zero-order valence-electron chi connectivity index (χ0n) is 19.9. The molecule has 172 valence electrons. The number of carbonyl (C=O) groups is 2. The summed E-state index contributed by atoms with van der Waals surface area (Å²) < 4.78 is 0. The van der Waals surface area contributed by atoms with Crippen molar-refractivity contribution in [2.75, 3.05) is 13.1 Å². The van der Waals surface area contributed by atoms with Crippen molar-refractivity contribution in [3.05, 3.63) is 30.1 Å². The quantitative estimate of drug-likeness (QED) is 0.478. The fourth-order valence-electron chi connectivity index (χ4n) is 3.29. The lowest BCUT2D eigenvalue weighted by Gasteiger charge is -2.19. The molecule has 0 bridgehead atoms. The van der Waals surface area contributed by atoms with Gasteiger partial charge in [-0.2, -0.15) is 0 Å². The minimum absolute atomic E-state index is 0.115. The molecule has 4 N–H and O–H groups in total. The Morgan fingerprint density at radius 1 is 0.933 bits per heavy atom. The molecule has 0 spiro atoms. The van der Waals surface area contributed by atoms with Crippen molar-refractivity contribution in [2.24, 2.45) is 29.4 Å². The van der Waals surface area contributed by atoms with Gasteiger partial charge in [0.05, 0.1) is 12.2 Å². The monoisotopic (exact) mass is 420 g/mol. The van der Waals surface area contributed by atoms with Crippen LogP contribution in [0.3, 0.4) is 0 Å². The van der Waals surface area contributed by atoms with Gasteiger partial charge in [-0.1, -0.05) is 60.5 Å². The van der Waals surface area contributed by atoms with Gasteiger partial charge in [0.15, 0.2) is 0 Å². The van der Waals surface area contributed by atoms with Gasteiger partial charge in [-0.3, -0.25) is 14.6 Å². The van der Waals surface area contributed by atoms with Gasteiger partial charge >= 0.3 is 0 Å². The van der Waals surface area contributed by atoms with Gasteiger partial charge in [-0.15, -0.1) is 0 Å². The summed E-state index contributed by atoms with van der Waals surface area (Å²) in [5.41, 5.74) is 6.21. The summed E-state index contributed by atoms with van der Waals surface area (Å²) in [6.07, 6.45) is 5.76. The Hall–Kier alpha value is -1.95. The Labute approximate surface area is 183 Å². The molecule has 1 aromatic heterocycles. The lowest BCUT2D eigenvalue weighted by atomic mass is 9.90. The van der Waals surface area contributed by atoms with E-state index in [9.17, 15) is 9.59 Å². The van der Waals surface area contributed by atoms with E-state index in [1.54, 1.807) is 6.20 Å². The number of nitrogens with zero attached hydrogens (tertiary/aromatic N) is 1. The number of nitrogens with two attached hydrogens (primary N) is 1. The van der Waals surface area contributed by atoms with E-state index < -0.39 is 0 Å². The highest BCUT2D eigenvalue weighted by Crippen LogP contribution is 2.17. The normalized spacial score (nSPS) is 12.7. The zero-order chi connectivity index (χ0) is 22.9. The number of hydrogen-bond acceptors (Lipinski definition) is 4. The summed E-state index contributed by atoms with van der Waals surface area (Å²) in [7, 11) is 0. The van der Waals surface area contributed by atoms with Crippen LogP contribution in [0.15, 0.2) is 24.4 Å². The first-order valence-electron chi connectivity index (χ1n) is 11.4. The van der Waals surface area contributed by atoms with Crippen LogP contribution in [-0.4, -0.2) is 29.9 Å². The van der Waals surface area contributed by atoms with Crippen molar-refractivity contribution in [2.45, 2.75) is 73.8 Å². The second kappa shape index (κ2) is 16.8. The van der Waals surface area contributed by atoms with Crippen LogP contribution in [0.2, 0.25) is 0 Å². The first-order valence-corrected chi connectivity index (χ1v) is 11.4. The average molecular weight is 421 g/mol. The van der Waals surface area contributed by atoms with E-state index in [-0.39, 0.29) is 23.7 Å². The summed E-state index contributed by atoms with van der Waals surface area (Å²) in [5, 5.41) is 5.80. The van der Waals surface area contributed by atoms with Crippen molar-refractivity contribution in [3.8, 4) is 0 Å². The summed E-state index contributed by atoms with van der Waals surface area (Å²) >= 11 is 0. The van der Waals surface area contributed by atoms with E-state index in [4.69, 9.17) is 5.73 Å². The highest BCUT2D eigenvalue weighted by Gasteiger charge is 2.21. The van der Waals surface area contributed by atoms with Crippen LogP contribution >= 0.6 is 0 Å². The predicted octanol–water partition coefficient (Wildman–Crippen LogP) is 3.90. The Morgan fingerprint density at radius 3 is 1.87 bits per heavy atom. The molecular weight excluding hydrogens is 376 g/mol. The fourth-order valence-corrected chi connectivity index (χ4v) is 3.29.